The summed E-state index contributed by atoms with van der Waals surface area (Å²) in [5, 5.41) is 4.47. The number of carbonyl (C=O) groups is 1. The number of allylic oxidation sites excluding steroid dienone is 3. The van der Waals surface area contributed by atoms with Crippen LogP contribution in [0, 0.1) is 5.92 Å². The van der Waals surface area contributed by atoms with Crippen LogP contribution in [0.2, 0.25) is 0 Å². The van der Waals surface area contributed by atoms with Crippen LogP contribution < -0.4 is 5.32 Å². The van der Waals surface area contributed by atoms with Crippen molar-refractivity contribution >= 4 is 34.0 Å². The molecular weight excluding hydrogens is 322 g/mol. The number of thioether (sulfide) groups is 1. The summed E-state index contributed by atoms with van der Waals surface area (Å²) in [4.78, 5) is 12.0. The number of thiophene rings is 1. The fourth-order valence-corrected chi connectivity index (χ4v) is 4.83. The topological polar surface area (TPSA) is 29.1 Å². The quantitative estimate of drug-likeness (QED) is 0.540. The Balaban J connectivity index is 0.00000288. The molecule has 0 aromatic carbocycles. The number of rotatable bonds is 8. The van der Waals surface area contributed by atoms with E-state index in [4.69, 9.17) is 0 Å². The summed E-state index contributed by atoms with van der Waals surface area (Å²) in [7, 11) is 0. The standard InChI is InChI=1S/C19H27NOS2.H2/c1-5-13(3)11-17(21)20-18-9-10-19(23-18)22-14(4)16-8-7-15(6-2)12-16;/h7-10,13-14H,5-6,11-12H2,1-4H3,(H,20,21);1H. The van der Waals surface area contributed by atoms with Crippen LogP contribution in [-0.4, -0.2) is 11.2 Å². The molecule has 0 aliphatic heterocycles. The van der Waals surface area contributed by atoms with Crippen molar-refractivity contribution in [3.05, 3.63) is 35.4 Å². The van der Waals surface area contributed by atoms with Crippen molar-refractivity contribution in [2.24, 2.45) is 5.92 Å². The Hall–Kier alpha value is -1.00. The lowest BCUT2D eigenvalue weighted by Gasteiger charge is -2.12. The second kappa shape index (κ2) is 8.74. The normalized spacial score (nSPS) is 16.7. The zero-order chi connectivity index (χ0) is 16.8. The Labute approximate surface area is 149 Å². The second-order valence-corrected chi connectivity index (χ2v) is 8.97. The van der Waals surface area contributed by atoms with Gasteiger partial charge in [0.25, 0.3) is 0 Å². The molecule has 23 heavy (non-hydrogen) atoms. The van der Waals surface area contributed by atoms with Gasteiger partial charge in [0.15, 0.2) is 0 Å². The van der Waals surface area contributed by atoms with Crippen molar-refractivity contribution in [3.63, 3.8) is 0 Å². The summed E-state index contributed by atoms with van der Waals surface area (Å²) in [5.41, 5.74) is 3.03. The first-order chi connectivity index (χ1) is 11.0. The molecule has 0 saturated heterocycles. The van der Waals surface area contributed by atoms with Gasteiger partial charge in [0.2, 0.25) is 5.91 Å². The van der Waals surface area contributed by atoms with Crippen molar-refractivity contribution in [2.45, 2.75) is 62.8 Å². The van der Waals surface area contributed by atoms with Crippen LogP contribution in [0.15, 0.2) is 39.6 Å². The molecule has 128 valence electrons. The maximum Gasteiger partial charge on any atom is 0.225 e. The van der Waals surface area contributed by atoms with Gasteiger partial charge in [-0.25, -0.2) is 0 Å². The van der Waals surface area contributed by atoms with Gasteiger partial charge in [-0.2, -0.15) is 0 Å². The summed E-state index contributed by atoms with van der Waals surface area (Å²) in [6.45, 7) is 8.72. The summed E-state index contributed by atoms with van der Waals surface area (Å²) in [6.07, 6.45) is 8.45. The third kappa shape index (κ3) is 5.54. The highest BCUT2D eigenvalue weighted by Crippen LogP contribution is 2.38. The average molecular weight is 352 g/mol. The van der Waals surface area contributed by atoms with E-state index in [-0.39, 0.29) is 7.33 Å². The third-order valence-electron chi connectivity index (χ3n) is 4.31. The molecule has 0 spiro atoms. The molecule has 2 rings (SSSR count). The van der Waals surface area contributed by atoms with Gasteiger partial charge in [0.05, 0.1) is 9.21 Å². The first-order valence-electron chi connectivity index (χ1n) is 8.46. The van der Waals surface area contributed by atoms with Gasteiger partial charge in [0, 0.05) is 13.1 Å². The summed E-state index contributed by atoms with van der Waals surface area (Å²) >= 11 is 3.56. The SMILES string of the molecule is CCC1=CC=C(C(C)Sc2ccc(NC(=O)CC(C)CC)s2)C1.[HH]. The minimum atomic E-state index is 0. The van der Waals surface area contributed by atoms with E-state index in [1.54, 1.807) is 11.3 Å². The largest absolute Gasteiger partial charge is 0.318 e. The Morgan fingerprint density at radius 3 is 2.78 bits per heavy atom. The first kappa shape index (κ1) is 18.3. The lowest BCUT2D eigenvalue weighted by molar-refractivity contribution is -0.116. The van der Waals surface area contributed by atoms with E-state index in [1.165, 1.54) is 15.4 Å². The van der Waals surface area contributed by atoms with Gasteiger partial charge in [-0.15, -0.1) is 23.1 Å². The first-order valence-corrected chi connectivity index (χ1v) is 10.2. The number of carbonyl (C=O) groups excluding carboxylic acids is 1. The number of hydrogen-bond acceptors (Lipinski definition) is 3. The summed E-state index contributed by atoms with van der Waals surface area (Å²) in [5.74, 6) is 0.569. The van der Waals surface area contributed by atoms with Crippen LogP contribution >= 0.6 is 23.1 Å². The predicted octanol–water partition coefficient (Wildman–Crippen LogP) is 6.52. The predicted molar refractivity (Wildman–Crippen MR) is 106 cm³/mol. The van der Waals surface area contributed by atoms with E-state index in [2.05, 4.69) is 51.2 Å². The molecule has 0 saturated carbocycles. The Morgan fingerprint density at radius 2 is 2.13 bits per heavy atom. The van der Waals surface area contributed by atoms with Crippen LogP contribution in [0.5, 0.6) is 0 Å². The monoisotopic (exact) mass is 351 g/mol. The van der Waals surface area contributed by atoms with Crippen LogP contribution in [0.1, 0.15) is 54.8 Å². The van der Waals surface area contributed by atoms with Gasteiger partial charge in [0.1, 0.15) is 0 Å². The highest BCUT2D eigenvalue weighted by molar-refractivity contribution is 8.02. The van der Waals surface area contributed by atoms with Crippen molar-refractivity contribution < 1.29 is 6.22 Å². The molecule has 2 unspecified atom stereocenters. The van der Waals surface area contributed by atoms with Gasteiger partial charge in [-0.1, -0.05) is 50.5 Å². The van der Waals surface area contributed by atoms with Gasteiger partial charge in [-0.3, -0.25) is 4.79 Å². The molecule has 0 radical (unpaired) electrons. The van der Waals surface area contributed by atoms with Crippen LogP contribution in [0.25, 0.3) is 0 Å². The summed E-state index contributed by atoms with van der Waals surface area (Å²) in [6, 6.07) is 4.14. The maximum atomic E-state index is 12.0. The maximum absolute atomic E-state index is 12.0. The van der Waals surface area contributed by atoms with Gasteiger partial charge >= 0.3 is 0 Å². The number of anilines is 1. The highest BCUT2D eigenvalue weighted by atomic mass is 32.2. The number of amides is 1. The second-order valence-electron chi connectivity index (χ2n) is 6.24. The molecule has 1 aromatic rings. The molecule has 1 aromatic heterocycles. The molecule has 1 amide bonds. The van der Waals surface area contributed by atoms with E-state index < -0.39 is 0 Å². The van der Waals surface area contributed by atoms with E-state index in [0.717, 1.165) is 24.3 Å². The summed E-state index contributed by atoms with van der Waals surface area (Å²) < 4.78 is 1.27. The number of hydrogen-bond donors (Lipinski definition) is 1. The van der Waals surface area contributed by atoms with Crippen molar-refractivity contribution in [2.75, 3.05) is 5.32 Å². The van der Waals surface area contributed by atoms with Gasteiger partial charge < -0.3 is 5.32 Å². The average Bonchev–Trinajstić information content (AvgIpc) is 3.16. The fraction of sp³-hybridized carbons (Fsp3) is 0.526. The van der Waals surface area contributed by atoms with Crippen molar-refractivity contribution in [1.29, 1.82) is 0 Å². The molecule has 1 heterocycles. The zero-order valence-electron chi connectivity index (χ0n) is 14.5. The smallest absolute Gasteiger partial charge is 0.225 e. The van der Waals surface area contributed by atoms with E-state index in [0.29, 0.717) is 17.6 Å². The van der Waals surface area contributed by atoms with Crippen molar-refractivity contribution in [3.8, 4) is 0 Å². The van der Waals surface area contributed by atoms with Crippen LogP contribution in [0.3, 0.4) is 0 Å². The minimum absolute atomic E-state index is 0. The molecular formula is C19H29NOS2. The van der Waals surface area contributed by atoms with Crippen LogP contribution in [-0.2, 0) is 4.79 Å². The molecule has 4 heteroatoms. The Morgan fingerprint density at radius 1 is 1.35 bits per heavy atom. The highest BCUT2D eigenvalue weighted by Gasteiger charge is 2.16. The zero-order valence-corrected chi connectivity index (χ0v) is 16.2. The molecule has 1 aliphatic rings. The lowest BCUT2D eigenvalue weighted by atomic mass is 10.1. The van der Waals surface area contributed by atoms with E-state index in [9.17, 15) is 4.79 Å². The Bertz CT molecular complexity index is 606. The molecule has 1 N–H and O–H groups in total. The van der Waals surface area contributed by atoms with E-state index >= 15 is 0 Å². The Kier molecular flexibility index (Phi) is 6.97. The lowest BCUT2D eigenvalue weighted by Crippen LogP contribution is -2.13. The minimum Gasteiger partial charge on any atom is -0.318 e. The van der Waals surface area contributed by atoms with Gasteiger partial charge in [-0.05, 0) is 37.8 Å². The molecule has 2 nitrogen and oxygen atoms in total. The molecule has 0 fully saturated rings. The van der Waals surface area contributed by atoms with Crippen molar-refractivity contribution in [1.82, 2.24) is 0 Å². The van der Waals surface area contributed by atoms with E-state index in [1.807, 2.05) is 17.8 Å². The molecule has 1 aliphatic carbocycles. The fourth-order valence-electron chi connectivity index (χ4n) is 2.48. The molecule has 0 bridgehead atoms. The van der Waals surface area contributed by atoms with Crippen LogP contribution in [0.4, 0.5) is 5.00 Å². The number of nitrogens with one attached hydrogen (secondary N) is 1. The third-order valence-corrected chi connectivity index (χ3v) is 6.67. The molecule has 2 atom stereocenters.